The molecule has 2 rings (SSSR count). The molecule has 0 unspecified atom stereocenters. The summed E-state index contributed by atoms with van der Waals surface area (Å²) in [6, 6.07) is 4.11. The van der Waals surface area contributed by atoms with Crippen LogP contribution in [0.3, 0.4) is 0 Å². The second-order valence-corrected chi connectivity index (χ2v) is 6.18. The van der Waals surface area contributed by atoms with E-state index in [2.05, 4.69) is 27.6 Å². The zero-order valence-electron chi connectivity index (χ0n) is 13.3. The van der Waals surface area contributed by atoms with Gasteiger partial charge in [-0.1, -0.05) is 36.4 Å². The van der Waals surface area contributed by atoms with Crippen molar-refractivity contribution in [1.82, 2.24) is 14.9 Å². The van der Waals surface area contributed by atoms with Gasteiger partial charge in [0.1, 0.15) is 0 Å². The molecule has 0 saturated heterocycles. The van der Waals surface area contributed by atoms with Crippen molar-refractivity contribution in [2.75, 3.05) is 16.9 Å². The van der Waals surface area contributed by atoms with Crippen molar-refractivity contribution in [2.24, 2.45) is 0 Å². The van der Waals surface area contributed by atoms with Crippen molar-refractivity contribution >= 4 is 23.4 Å². The summed E-state index contributed by atoms with van der Waals surface area (Å²) in [5.74, 6) is 6.72. The van der Waals surface area contributed by atoms with E-state index in [4.69, 9.17) is 5.84 Å². The lowest BCUT2D eigenvalue weighted by Gasteiger charge is -2.12. The van der Waals surface area contributed by atoms with Crippen LogP contribution in [0.1, 0.15) is 29.4 Å². The summed E-state index contributed by atoms with van der Waals surface area (Å²) in [6.45, 7) is 7.98. The molecular weight excluding hydrogens is 298 g/mol. The zero-order valence-corrected chi connectivity index (χ0v) is 14.1. The molecule has 0 saturated carbocycles. The minimum absolute atomic E-state index is 0.0823. The molecule has 0 radical (unpaired) electrons. The quantitative estimate of drug-likeness (QED) is 0.652. The van der Waals surface area contributed by atoms with Gasteiger partial charge in [-0.3, -0.25) is 4.79 Å². The average molecular weight is 319 g/mol. The number of nitrogens with zero attached hydrogens (tertiary/aromatic N) is 3. The van der Waals surface area contributed by atoms with E-state index in [0.29, 0.717) is 17.4 Å². The van der Waals surface area contributed by atoms with Crippen LogP contribution in [0.4, 0.5) is 5.69 Å². The van der Waals surface area contributed by atoms with Crippen LogP contribution >= 0.6 is 11.8 Å². The Balaban J connectivity index is 2.00. The molecule has 0 fully saturated rings. The fourth-order valence-corrected chi connectivity index (χ4v) is 3.00. The third-order valence-electron chi connectivity index (χ3n) is 3.33. The SMILES string of the molecule is CCc1nnc(SCC(=O)Nc2c(C)cc(C)cc2C)n1N. The molecule has 118 valence electrons. The van der Waals surface area contributed by atoms with Crippen LogP contribution in [-0.2, 0) is 11.2 Å². The molecule has 22 heavy (non-hydrogen) atoms. The van der Waals surface area contributed by atoms with Gasteiger partial charge in [0, 0.05) is 12.1 Å². The number of carbonyl (C=O) groups excluding carboxylic acids is 1. The van der Waals surface area contributed by atoms with Crippen LogP contribution < -0.4 is 11.2 Å². The largest absolute Gasteiger partial charge is 0.336 e. The molecule has 0 aliphatic carbocycles. The van der Waals surface area contributed by atoms with Crippen LogP contribution in [0.5, 0.6) is 0 Å². The van der Waals surface area contributed by atoms with Gasteiger partial charge in [0.05, 0.1) is 5.75 Å². The summed E-state index contributed by atoms with van der Waals surface area (Å²) < 4.78 is 1.43. The first-order valence-corrected chi connectivity index (χ1v) is 8.10. The van der Waals surface area contributed by atoms with E-state index in [9.17, 15) is 4.79 Å². The summed E-state index contributed by atoms with van der Waals surface area (Å²) in [6.07, 6.45) is 0.706. The second-order valence-electron chi connectivity index (χ2n) is 5.23. The Hall–Kier alpha value is -2.02. The summed E-state index contributed by atoms with van der Waals surface area (Å²) >= 11 is 1.28. The van der Waals surface area contributed by atoms with E-state index < -0.39 is 0 Å². The highest BCUT2D eigenvalue weighted by molar-refractivity contribution is 7.99. The van der Waals surface area contributed by atoms with Gasteiger partial charge in [0.2, 0.25) is 11.1 Å². The number of aromatic nitrogens is 3. The van der Waals surface area contributed by atoms with Gasteiger partial charge >= 0.3 is 0 Å². The average Bonchev–Trinajstić information content (AvgIpc) is 2.81. The maximum absolute atomic E-state index is 12.1. The molecule has 1 heterocycles. The van der Waals surface area contributed by atoms with Gasteiger partial charge in [-0.05, 0) is 31.9 Å². The van der Waals surface area contributed by atoms with Crippen LogP contribution in [0.15, 0.2) is 17.3 Å². The van der Waals surface area contributed by atoms with Crippen molar-refractivity contribution in [2.45, 2.75) is 39.3 Å². The lowest BCUT2D eigenvalue weighted by Crippen LogP contribution is -2.18. The molecule has 0 atom stereocenters. The standard InChI is InChI=1S/C15H21N5OS/c1-5-12-18-19-15(20(12)16)22-8-13(21)17-14-10(3)6-9(2)7-11(14)4/h6-7H,5,8,16H2,1-4H3,(H,17,21). The Morgan fingerprint density at radius 3 is 2.45 bits per heavy atom. The van der Waals surface area contributed by atoms with E-state index in [-0.39, 0.29) is 11.7 Å². The minimum atomic E-state index is -0.0823. The highest BCUT2D eigenvalue weighted by atomic mass is 32.2. The Morgan fingerprint density at radius 2 is 1.91 bits per heavy atom. The predicted molar refractivity (Wildman–Crippen MR) is 89.6 cm³/mol. The summed E-state index contributed by atoms with van der Waals surface area (Å²) in [7, 11) is 0. The van der Waals surface area contributed by atoms with Crippen LogP contribution in [0, 0.1) is 20.8 Å². The summed E-state index contributed by atoms with van der Waals surface area (Å²) in [5.41, 5.74) is 4.18. The first-order chi connectivity index (χ1) is 10.4. The van der Waals surface area contributed by atoms with Crippen LogP contribution in [0.25, 0.3) is 0 Å². The minimum Gasteiger partial charge on any atom is -0.336 e. The molecule has 3 N–H and O–H groups in total. The lowest BCUT2D eigenvalue weighted by molar-refractivity contribution is -0.113. The van der Waals surface area contributed by atoms with Gasteiger partial charge in [0.15, 0.2) is 5.82 Å². The normalized spacial score (nSPS) is 10.7. The van der Waals surface area contributed by atoms with Crippen LogP contribution in [0.2, 0.25) is 0 Å². The lowest BCUT2D eigenvalue weighted by atomic mass is 10.1. The van der Waals surface area contributed by atoms with Gasteiger partial charge < -0.3 is 11.2 Å². The smallest absolute Gasteiger partial charge is 0.234 e. The Kier molecular flexibility index (Phi) is 5.07. The number of thioether (sulfide) groups is 1. The molecule has 7 heteroatoms. The third kappa shape index (κ3) is 3.59. The number of benzene rings is 1. The molecule has 0 spiro atoms. The number of aryl methyl sites for hydroxylation is 4. The highest BCUT2D eigenvalue weighted by Gasteiger charge is 2.12. The Bertz CT molecular complexity index is 672. The monoisotopic (exact) mass is 319 g/mol. The van der Waals surface area contributed by atoms with E-state index in [1.54, 1.807) is 0 Å². The van der Waals surface area contributed by atoms with E-state index in [0.717, 1.165) is 16.8 Å². The Labute approximate surface area is 134 Å². The number of anilines is 1. The first kappa shape index (κ1) is 16.4. The maximum Gasteiger partial charge on any atom is 0.234 e. The topological polar surface area (TPSA) is 85.8 Å². The number of nitrogens with two attached hydrogens (primary N) is 1. The molecule has 1 aromatic carbocycles. The van der Waals surface area contributed by atoms with Gasteiger partial charge in [-0.25, -0.2) is 4.68 Å². The first-order valence-electron chi connectivity index (χ1n) is 7.12. The van der Waals surface area contributed by atoms with E-state index in [1.165, 1.54) is 22.0 Å². The molecule has 6 nitrogen and oxygen atoms in total. The number of amides is 1. The number of hydrogen-bond acceptors (Lipinski definition) is 5. The molecule has 1 aromatic heterocycles. The van der Waals surface area contributed by atoms with Crippen molar-refractivity contribution in [3.8, 4) is 0 Å². The van der Waals surface area contributed by atoms with Gasteiger partial charge in [-0.2, -0.15) is 0 Å². The third-order valence-corrected chi connectivity index (χ3v) is 4.27. The van der Waals surface area contributed by atoms with E-state index >= 15 is 0 Å². The second kappa shape index (κ2) is 6.83. The van der Waals surface area contributed by atoms with Crippen molar-refractivity contribution in [1.29, 1.82) is 0 Å². The number of nitrogens with one attached hydrogen (secondary N) is 1. The molecule has 1 amide bonds. The van der Waals surface area contributed by atoms with Gasteiger partial charge in [0.25, 0.3) is 0 Å². The van der Waals surface area contributed by atoms with Crippen molar-refractivity contribution in [3.63, 3.8) is 0 Å². The number of hydrogen-bond donors (Lipinski definition) is 2. The fraction of sp³-hybridized carbons (Fsp3) is 0.400. The Morgan fingerprint density at radius 1 is 1.27 bits per heavy atom. The fourth-order valence-electron chi connectivity index (χ4n) is 2.33. The highest BCUT2D eigenvalue weighted by Crippen LogP contribution is 2.22. The van der Waals surface area contributed by atoms with Gasteiger partial charge in [-0.15, -0.1) is 10.2 Å². The molecular formula is C15H21N5OS. The molecule has 0 aliphatic heterocycles. The number of carbonyl (C=O) groups is 1. The summed E-state index contributed by atoms with van der Waals surface area (Å²) in [5, 5.41) is 11.5. The predicted octanol–water partition coefficient (Wildman–Crippen LogP) is 2.21. The number of rotatable bonds is 5. The molecule has 0 bridgehead atoms. The maximum atomic E-state index is 12.1. The zero-order chi connectivity index (χ0) is 16.3. The molecule has 0 aliphatic rings. The molecule has 2 aromatic rings. The van der Waals surface area contributed by atoms with Crippen molar-refractivity contribution < 1.29 is 4.79 Å². The summed E-state index contributed by atoms with van der Waals surface area (Å²) in [4.78, 5) is 12.1. The van der Waals surface area contributed by atoms with Crippen LogP contribution in [-0.4, -0.2) is 26.5 Å². The van der Waals surface area contributed by atoms with E-state index in [1.807, 2.05) is 27.7 Å². The van der Waals surface area contributed by atoms with Crippen molar-refractivity contribution in [3.05, 3.63) is 34.6 Å². The number of nitrogen functional groups attached to an aromatic ring is 1.